The minimum atomic E-state index is 0.532. The van der Waals surface area contributed by atoms with Gasteiger partial charge >= 0.3 is 0 Å². The van der Waals surface area contributed by atoms with E-state index in [0.717, 1.165) is 11.3 Å². The fraction of sp³-hybridized carbons (Fsp3) is 0.385. The molecular weight excluding hydrogens is 202 g/mol. The molecule has 1 aromatic carbocycles. The highest BCUT2D eigenvalue weighted by molar-refractivity contribution is 7.96. The van der Waals surface area contributed by atoms with Crippen LogP contribution in [0.4, 0.5) is 0 Å². The van der Waals surface area contributed by atoms with E-state index in [4.69, 9.17) is 0 Å². The topological polar surface area (TPSA) is 12.0 Å². The molecule has 0 bridgehead atoms. The summed E-state index contributed by atoms with van der Waals surface area (Å²) in [4.78, 5) is 0. The summed E-state index contributed by atoms with van der Waals surface area (Å²) >= 11 is 1.76. The zero-order valence-electron chi connectivity index (χ0n) is 9.71. The fourth-order valence-electron chi connectivity index (χ4n) is 1.18. The van der Waals surface area contributed by atoms with Gasteiger partial charge in [0.05, 0.1) is 0 Å². The number of allylic oxidation sites excluding steroid dienone is 1. The number of nitrogens with one attached hydrogen (secondary N) is 1. The Morgan fingerprint density at radius 3 is 2.40 bits per heavy atom. The van der Waals surface area contributed by atoms with Crippen molar-refractivity contribution in [1.29, 1.82) is 0 Å². The molecular formula is C13H19NS. The summed E-state index contributed by atoms with van der Waals surface area (Å²) in [5.74, 6) is 1.01. The third-order valence-electron chi connectivity index (χ3n) is 2.00. The summed E-state index contributed by atoms with van der Waals surface area (Å²) < 4.78 is 3.33. The Kier molecular flexibility index (Phi) is 4.92. The quantitative estimate of drug-likeness (QED) is 0.758. The number of hydrogen-bond donors (Lipinski definition) is 1. The molecule has 1 N–H and O–H groups in total. The van der Waals surface area contributed by atoms with Crippen molar-refractivity contribution in [3.05, 3.63) is 42.0 Å². The molecule has 2 heteroatoms. The maximum atomic E-state index is 3.92. The number of benzene rings is 1. The van der Waals surface area contributed by atoms with Gasteiger partial charge in [-0.2, -0.15) is 0 Å². The molecule has 0 aliphatic rings. The van der Waals surface area contributed by atoms with E-state index in [1.807, 2.05) is 6.92 Å². The van der Waals surface area contributed by atoms with Crippen LogP contribution < -0.4 is 4.72 Å². The summed E-state index contributed by atoms with van der Waals surface area (Å²) in [5, 5.41) is 0. The molecule has 0 amide bonds. The van der Waals surface area contributed by atoms with Crippen LogP contribution in [0.1, 0.15) is 31.9 Å². The van der Waals surface area contributed by atoms with E-state index in [1.54, 1.807) is 11.9 Å². The lowest BCUT2D eigenvalue weighted by molar-refractivity contribution is 0.770. The van der Waals surface area contributed by atoms with Gasteiger partial charge < -0.3 is 0 Å². The second kappa shape index (κ2) is 5.99. The molecule has 0 aliphatic heterocycles. The zero-order chi connectivity index (χ0) is 11.3. The Balaban J connectivity index is 2.46. The lowest BCUT2D eigenvalue weighted by Crippen LogP contribution is -2.14. The highest BCUT2D eigenvalue weighted by Gasteiger charge is 1.97. The van der Waals surface area contributed by atoms with Gasteiger partial charge in [0.15, 0.2) is 0 Å². The molecule has 0 radical (unpaired) electrons. The van der Waals surface area contributed by atoms with Crippen molar-refractivity contribution < 1.29 is 0 Å². The molecule has 0 unspecified atom stereocenters. The van der Waals surface area contributed by atoms with Gasteiger partial charge in [-0.05, 0) is 31.9 Å². The van der Waals surface area contributed by atoms with Crippen LogP contribution in [0.5, 0.6) is 0 Å². The molecule has 1 aromatic rings. The normalized spacial score (nSPS) is 10.7. The summed E-state index contributed by atoms with van der Waals surface area (Å²) in [6.07, 6.45) is 0. The Bertz CT molecular complexity index is 314. The highest BCUT2D eigenvalue weighted by atomic mass is 32.2. The van der Waals surface area contributed by atoms with Gasteiger partial charge in [-0.1, -0.05) is 48.4 Å². The molecule has 0 fully saturated rings. The largest absolute Gasteiger partial charge is 0.261 e. The second-order valence-electron chi connectivity index (χ2n) is 4.04. The van der Waals surface area contributed by atoms with E-state index in [1.165, 1.54) is 11.1 Å². The van der Waals surface area contributed by atoms with Gasteiger partial charge in [-0.15, -0.1) is 0 Å². The van der Waals surface area contributed by atoms with Crippen LogP contribution in [0.3, 0.4) is 0 Å². The standard InChI is InChI=1S/C13H19NS/c1-10(2)13-7-5-12(6-8-13)9-15-14-11(3)4/h5-8,11,14H,1,9H2,2-4H3. The van der Waals surface area contributed by atoms with E-state index < -0.39 is 0 Å². The summed E-state index contributed by atoms with van der Waals surface area (Å²) in [7, 11) is 0. The van der Waals surface area contributed by atoms with Crippen LogP contribution in [0, 0.1) is 0 Å². The predicted octanol–water partition coefficient (Wildman–Crippen LogP) is 3.87. The van der Waals surface area contributed by atoms with Crippen LogP contribution in [0.25, 0.3) is 5.57 Å². The summed E-state index contributed by atoms with van der Waals surface area (Å²) in [5.41, 5.74) is 3.69. The van der Waals surface area contributed by atoms with Crippen molar-refractivity contribution in [1.82, 2.24) is 4.72 Å². The van der Waals surface area contributed by atoms with Crippen molar-refractivity contribution in [2.45, 2.75) is 32.6 Å². The third-order valence-corrected chi connectivity index (χ3v) is 3.12. The van der Waals surface area contributed by atoms with Gasteiger partial charge in [0.2, 0.25) is 0 Å². The average molecular weight is 221 g/mol. The maximum absolute atomic E-state index is 3.92. The van der Waals surface area contributed by atoms with E-state index in [2.05, 4.69) is 49.4 Å². The van der Waals surface area contributed by atoms with Gasteiger partial charge in [0.25, 0.3) is 0 Å². The Hall–Kier alpha value is -0.730. The molecule has 1 nitrogen and oxygen atoms in total. The van der Waals surface area contributed by atoms with E-state index in [9.17, 15) is 0 Å². The van der Waals surface area contributed by atoms with E-state index >= 15 is 0 Å². The SMILES string of the molecule is C=C(C)c1ccc(CSNC(C)C)cc1. The van der Waals surface area contributed by atoms with Crippen LogP contribution >= 0.6 is 11.9 Å². The lowest BCUT2D eigenvalue weighted by Gasteiger charge is -2.07. The summed E-state index contributed by atoms with van der Waals surface area (Å²) in [6.45, 7) is 10.3. The molecule has 82 valence electrons. The molecule has 0 saturated carbocycles. The first-order chi connectivity index (χ1) is 7.09. The van der Waals surface area contributed by atoms with Crippen molar-refractivity contribution >= 4 is 17.5 Å². The smallest absolute Gasteiger partial charge is 0.0330 e. The third kappa shape index (κ3) is 4.54. The zero-order valence-corrected chi connectivity index (χ0v) is 10.5. The van der Waals surface area contributed by atoms with Gasteiger partial charge in [-0.3, -0.25) is 4.72 Å². The lowest BCUT2D eigenvalue weighted by atomic mass is 10.1. The van der Waals surface area contributed by atoms with Crippen LogP contribution in [-0.4, -0.2) is 6.04 Å². The van der Waals surface area contributed by atoms with Crippen LogP contribution in [-0.2, 0) is 5.75 Å². The Morgan fingerprint density at radius 1 is 1.33 bits per heavy atom. The second-order valence-corrected chi connectivity index (χ2v) is 4.85. The summed E-state index contributed by atoms with van der Waals surface area (Å²) in [6, 6.07) is 9.13. The minimum Gasteiger partial charge on any atom is -0.261 e. The molecule has 0 heterocycles. The van der Waals surface area contributed by atoms with Crippen LogP contribution in [0.2, 0.25) is 0 Å². The van der Waals surface area contributed by atoms with Gasteiger partial charge in [-0.25, -0.2) is 0 Å². The molecule has 0 aliphatic carbocycles. The van der Waals surface area contributed by atoms with Gasteiger partial charge in [0, 0.05) is 11.8 Å². The molecule has 15 heavy (non-hydrogen) atoms. The monoisotopic (exact) mass is 221 g/mol. The minimum absolute atomic E-state index is 0.532. The van der Waals surface area contributed by atoms with Crippen molar-refractivity contribution in [2.75, 3.05) is 0 Å². The van der Waals surface area contributed by atoms with Crippen LogP contribution in [0.15, 0.2) is 30.8 Å². The molecule has 0 atom stereocenters. The first kappa shape index (κ1) is 12.3. The van der Waals surface area contributed by atoms with Crippen molar-refractivity contribution in [2.24, 2.45) is 0 Å². The number of rotatable bonds is 5. The molecule has 0 saturated heterocycles. The fourth-order valence-corrected chi connectivity index (χ4v) is 1.95. The van der Waals surface area contributed by atoms with E-state index in [-0.39, 0.29) is 0 Å². The first-order valence-electron chi connectivity index (χ1n) is 5.21. The molecule has 0 spiro atoms. The van der Waals surface area contributed by atoms with Gasteiger partial charge in [0.1, 0.15) is 0 Å². The maximum Gasteiger partial charge on any atom is 0.0330 e. The predicted molar refractivity (Wildman–Crippen MR) is 70.7 cm³/mol. The first-order valence-corrected chi connectivity index (χ1v) is 6.20. The van der Waals surface area contributed by atoms with Crippen molar-refractivity contribution in [3.8, 4) is 0 Å². The Morgan fingerprint density at radius 2 is 1.93 bits per heavy atom. The van der Waals surface area contributed by atoms with Crippen molar-refractivity contribution in [3.63, 3.8) is 0 Å². The Labute approximate surface area is 97.1 Å². The number of hydrogen-bond acceptors (Lipinski definition) is 2. The highest BCUT2D eigenvalue weighted by Crippen LogP contribution is 2.15. The molecule has 0 aromatic heterocycles. The average Bonchev–Trinajstić information content (AvgIpc) is 2.18. The molecule has 1 rings (SSSR count). The van der Waals surface area contributed by atoms with E-state index in [0.29, 0.717) is 6.04 Å².